The second-order valence-electron chi connectivity index (χ2n) is 8.08. The smallest absolute Gasteiger partial charge is 0.260 e. The van der Waals surface area contributed by atoms with E-state index < -0.39 is 10.0 Å². The molecule has 0 unspecified atom stereocenters. The molecule has 10 heteroatoms. The van der Waals surface area contributed by atoms with Gasteiger partial charge < -0.3 is 9.15 Å². The summed E-state index contributed by atoms with van der Waals surface area (Å²) in [5, 5.41) is 0.509. The number of fused-ring (bicyclic) bond motifs is 1. The molecule has 1 saturated carbocycles. The van der Waals surface area contributed by atoms with Crippen molar-refractivity contribution >= 4 is 42.6 Å². The van der Waals surface area contributed by atoms with Crippen molar-refractivity contribution in [2.45, 2.75) is 30.3 Å². The average molecular weight is 498 g/mol. The number of amides is 1. The van der Waals surface area contributed by atoms with E-state index in [1.807, 2.05) is 18.2 Å². The molecule has 0 atom stereocenters. The zero-order valence-corrected chi connectivity index (χ0v) is 20.3. The van der Waals surface area contributed by atoms with Crippen molar-refractivity contribution < 1.29 is 22.4 Å². The van der Waals surface area contributed by atoms with E-state index in [-0.39, 0.29) is 23.4 Å². The maximum Gasteiger partial charge on any atom is 0.260 e. The number of carbonyl (C=O) groups is 1. The average Bonchev–Trinajstić information content (AvgIpc) is 3.40. The van der Waals surface area contributed by atoms with E-state index in [0.29, 0.717) is 22.2 Å². The molecule has 0 bridgehead atoms. The Morgan fingerprint density at radius 1 is 1.18 bits per heavy atom. The molecular formula is C24H23N3O5S2. The monoisotopic (exact) mass is 497 g/mol. The highest BCUT2D eigenvalue weighted by Crippen LogP contribution is 2.33. The van der Waals surface area contributed by atoms with Crippen LogP contribution in [0.2, 0.25) is 0 Å². The van der Waals surface area contributed by atoms with Crippen LogP contribution >= 0.6 is 11.3 Å². The maximum atomic E-state index is 13.6. The molecule has 2 aromatic heterocycles. The van der Waals surface area contributed by atoms with Crippen LogP contribution in [0.5, 0.6) is 5.75 Å². The number of sulfonamides is 1. The topological polar surface area (TPSA) is 92.9 Å². The maximum absolute atomic E-state index is 13.6. The van der Waals surface area contributed by atoms with Crippen LogP contribution < -0.4 is 9.64 Å². The van der Waals surface area contributed by atoms with E-state index >= 15 is 0 Å². The van der Waals surface area contributed by atoms with Gasteiger partial charge in [-0.05, 0) is 61.4 Å². The molecule has 0 spiro atoms. The molecule has 2 heterocycles. The highest BCUT2D eigenvalue weighted by molar-refractivity contribution is 7.89. The largest absolute Gasteiger partial charge is 0.497 e. The van der Waals surface area contributed by atoms with Gasteiger partial charge in [0.05, 0.1) is 35.0 Å². The van der Waals surface area contributed by atoms with E-state index in [2.05, 4.69) is 4.98 Å². The Hall–Kier alpha value is -3.21. The van der Waals surface area contributed by atoms with Gasteiger partial charge in [0, 0.05) is 24.7 Å². The second kappa shape index (κ2) is 8.86. The normalized spacial score (nSPS) is 14.0. The molecule has 8 nitrogen and oxygen atoms in total. The molecule has 34 heavy (non-hydrogen) atoms. The Morgan fingerprint density at radius 3 is 2.59 bits per heavy atom. The van der Waals surface area contributed by atoms with Crippen LogP contribution in [0.4, 0.5) is 5.13 Å². The van der Waals surface area contributed by atoms with E-state index in [4.69, 9.17) is 9.15 Å². The van der Waals surface area contributed by atoms with Gasteiger partial charge in [-0.2, -0.15) is 4.31 Å². The van der Waals surface area contributed by atoms with Crippen LogP contribution in [0.3, 0.4) is 0 Å². The number of hydrogen-bond acceptors (Lipinski definition) is 7. The van der Waals surface area contributed by atoms with Crippen LogP contribution in [0.15, 0.2) is 70.2 Å². The number of benzene rings is 2. The number of aromatic nitrogens is 1. The molecule has 0 aliphatic heterocycles. The van der Waals surface area contributed by atoms with Gasteiger partial charge >= 0.3 is 0 Å². The zero-order valence-electron chi connectivity index (χ0n) is 18.7. The minimum Gasteiger partial charge on any atom is -0.497 e. The van der Waals surface area contributed by atoms with Gasteiger partial charge in [-0.15, -0.1) is 0 Å². The van der Waals surface area contributed by atoms with Crippen LogP contribution in [-0.2, 0) is 16.6 Å². The minimum absolute atomic E-state index is 0.0627. The highest BCUT2D eigenvalue weighted by atomic mass is 32.2. The summed E-state index contributed by atoms with van der Waals surface area (Å²) in [6, 6.07) is 15.2. The molecular weight excluding hydrogens is 474 g/mol. The van der Waals surface area contributed by atoms with Crippen LogP contribution in [0.25, 0.3) is 10.2 Å². The molecule has 5 rings (SSSR count). The number of carbonyl (C=O) groups excluding carboxylic acids is 1. The quantitative estimate of drug-likeness (QED) is 0.355. The Bertz CT molecular complexity index is 1430. The van der Waals surface area contributed by atoms with Crippen molar-refractivity contribution in [3.05, 3.63) is 72.2 Å². The summed E-state index contributed by atoms with van der Waals surface area (Å²) >= 11 is 1.39. The summed E-state index contributed by atoms with van der Waals surface area (Å²) in [6.45, 7) is 0.188. The third-order valence-corrected chi connectivity index (χ3v) is 8.78. The predicted molar refractivity (Wildman–Crippen MR) is 130 cm³/mol. The van der Waals surface area contributed by atoms with Gasteiger partial charge in [0.15, 0.2) is 5.13 Å². The lowest BCUT2D eigenvalue weighted by Gasteiger charge is -2.19. The van der Waals surface area contributed by atoms with Crippen LogP contribution in [-0.4, -0.2) is 43.8 Å². The fourth-order valence-corrected chi connectivity index (χ4v) is 6.01. The number of anilines is 1. The van der Waals surface area contributed by atoms with Gasteiger partial charge in [-0.1, -0.05) is 11.3 Å². The van der Waals surface area contributed by atoms with E-state index in [0.717, 1.165) is 23.1 Å². The Labute approximate surface area is 201 Å². The van der Waals surface area contributed by atoms with Gasteiger partial charge in [0.1, 0.15) is 11.5 Å². The molecule has 1 aliphatic carbocycles. The lowest BCUT2D eigenvalue weighted by Crippen LogP contribution is -2.31. The third kappa shape index (κ3) is 4.31. The van der Waals surface area contributed by atoms with Crippen LogP contribution in [0.1, 0.15) is 29.0 Å². The fourth-order valence-electron chi connectivity index (χ4n) is 3.65. The standard InChI is InChI=1S/C24H23N3O5S2/c1-26(17-7-8-17)34(29,30)20-10-5-16(6-11-20)23(28)27(15-19-4-3-13-32-19)24-25-21-14-18(31-2)9-12-22(21)33-24/h3-6,9-14,17H,7-8,15H2,1-2H3. The third-order valence-electron chi connectivity index (χ3n) is 5.79. The van der Waals surface area contributed by atoms with Crippen molar-refractivity contribution in [2.24, 2.45) is 0 Å². The SMILES string of the molecule is COc1ccc2sc(N(Cc3ccco3)C(=O)c3ccc(S(=O)(=O)N(C)C4CC4)cc3)nc2c1. The van der Waals surface area contributed by atoms with E-state index in [1.54, 1.807) is 44.7 Å². The van der Waals surface area contributed by atoms with E-state index in [9.17, 15) is 13.2 Å². The summed E-state index contributed by atoms with van der Waals surface area (Å²) < 4.78 is 38.7. The lowest BCUT2D eigenvalue weighted by atomic mass is 10.2. The van der Waals surface area contributed by atoms with Gasteiger partial charge in [0.2, 0.25) is 10.0 Å². The number of thiazole rings is 1. The van der Waals surface area contributed by atoms with Gasteiger partial charge in [-0.25, -0.2) is 13.4 Å². The first kappa shape index (κ1) is 22.6. The molecule has 0 radical (unpaired) electrons. The summed E-state index contributed by atoms with van der Waals surface area (Å²) in [4.78, 5) is 19.9. The number of furan rings is 1. The number of ether oxygens (including phenoxy) is 1. The van der Waals surface area contributed by atoms with Crippen molar-refractivity contribution in [3.8, 4) is 5.75 Å². The first-order valence-electron chi connectivity index (χ1n) is 10.7. The van der Waals surface area contributed by atoms with Crippen LogP contribution in [0, 0.1) is 0 Å². The molecule has 2 aromatic carbocycles. The van der Waals surface area contributed by atoms with E-state index in [1.165, 1.54) is 32.7 Å². The summed E-state index contributed by atoms with van der Waals surface area (Å²) in [5.74, 6) is 0.985. The van der Waals surface area contributed by atoms with Gasteiger partial charge in [0.25, 0.3) is 5.91 Å². The number of nitrogens with zero attached hydrogens (tertiary/aromatic N) is 3. The van der Waals surface area contributed by atoms with Crippen molar-refractivity contribution in [2.75, 3.05) is 19.1 Å². The molecule has 0 N–H and O–H groups in total. The van der Waals surface area contributed by atoms with Crippen molar-refractivity contribution in [1.29, 1.82) is 0 Å². The summed E-state index contributed by atoms with van der Waals surface area (Å²) in [6.07, 6.45) is 3.31. The minimum atomic E-state index is -3.58. The zero-order chi connectivity index (χ0) is 23.9. The van der Waals surface area contributed by atoms with Gasteiger partial charge in [-0.3, -0.25) is 9.69 Å². The number of rotatable bonds is 8. The molecule has 1 aliphatic rings. The van der Waals surface area contributed by atoms with Crippen molar-refractivity contribution in [3.63, 3.8) is 0 Å². The Balaban J connectivity index is 1.47. The summed E-state index contributed by atoms with van der Waals surface area (Å²) in [7, 11) is -0.397. The Kier molecular flexibility index (Phi) is 5.88. The first-order chi connectivity index (χ1) is 16.4. The lowest BCUT2D eigenvalue weighted by molar-refractivity contribution is 0.0983. The fraction of sp³-hybridized carbons (Fsp3) is 0.250. The second-order valence-corrected chi connectivity index (χ2v) is 11.1. The molecule has 1 amide bonds. The Morgan fingerprint density at radius 2 is 1.94 bits per heavy atom. The molecule has 176 valence electrons. The number of hydrogen-bond donors (Lipinski definition) is 0. The highest BCUT2D eigenvalue weighted by Gasteiger charge is 2.35. The molecule has 0 saturated heterocycles. The van der Waals surface area contributed by atoms with Crippen molar-refractivity contribution in [1.82, 2.24) is 9.29 Å². The first-order valence-corrected chi connectivity index (χ1v) is 13.0. The molecule has 4 aromatic rings. The summed E-state index contributed by atoms with van der Waals surface area (Å²) in [5.41, 5.74) is 1.08. The predicted octanol–water partition coefficient (Wildman–Crippen LogP) is 4.53. The number of methoxy groups -OCH3 is 1. The molecule has 1 fully saturated rings.